The molecule has 27 heavy (non-hydrogen) atoms. The van der Waals surface area contributed by atoms with Crippen molar-refractivity contribution in [3.63, 3.8) is 0 Å². The third-order valence-corrected chi connectivity index (χ3v) is 7.49. The number of nitrogens with one attached hydrogen (secondary N) is 2. The molecule has 2 aromatic rings. The van der Waals surface area contributed by atoms with Crippen LogP contribution in [0, 0.1) is 0 Å². The van der Waals surface area contributed by atoms with Crippen molar-refractivity contribution in [1.29, 1.82) is 0 Å². The molecule has 2 aliphatic rings. The number of pyridine rings is 1. The highest BCUT2D eigenvalue weighted by Gasteiger charge is 2.42. The molecule has 1 aromatic carbocycles. The summed E-state index contributed by atoms with van der Waals surface area (Å²) in [6.07, 6.45) is 1.69. The minimum atomic E-state index is -2.96. The van der Waals surface area contributed by atoms with E-state index in [-0.39, 0.29) is 28.7 Å². The fraction of sp³-hybridized carbons (Fsp3) is 0.278. The van der Waals surface area contributed by atoms with Crippen LogP contribution in [0.3, 0.4) is 0 Å². The average Bonchev–Trinajstić information content (AvgIpc) is 3.13. The second kappa shape index (κ2) is 7.32. The van der Waals surface area contributed by atoms with Gasteiger partial charge in [-0.2, -0.15) is 0 Å². The van der Waals surface area contributed by atoms with Gasteiger partial charge in [-0.1, -0.05) is 23.9 Å². The van der Waals surface area contributed by atoms with E-state index in [2.05, 4.69) is 20.6 Å². The third-order valence-electron chi connectivity index (χ3n) is 4.35. The topological polar surface area (TPSA) is 101 Å². The van der Waals surface area contributed by atoms with Gasteiger partial charge in [-0.15, -0.1) is 0 Å². The van der Waals surface area contributed by atoms with E-state index in [1.807, 2.05) is 24.3 Å². The maximum Gasteiger partial charge on any atom is 0.251 e. The summed E-state index contributed by atoms with van der Waals surface area (Å²) >= 11 is 1.45. The number of anilines is 1. The van der Waals surface area contributed by atoms with E-state index in [1.165, 1.54) is 11.8 Å². The molecule has 1 saturated heterocycles. The number of aliphatic imine (C=N–C) groups is 1. The number of benzene rings is 1. The Morgan fingerprint density at radius 1 is 1.19 bits per heavy atom. The molecule has 2 N–H and O–H groups in total. The predicted molar refractivity (Wildman–Crippen MR) is 107 cm³/mol. The number of carbonyl (C=O) groups is 1. The molecular weight excluding hydrogens is 384 g/mol. The lowest BCUT2D eigenvalue weighted by molar-refractivity contribution is 0.0950. The van der Waals surface area contributed by atoms with Gasteiger partial charge >= 0.3 is 0 Å². The standard InChI is InChI=1S/C18H18N4O3S2/c23-17(20-9-14-5-1-2-7-19-14)12-4-3-6-13(8-12)21-18-22-15-10-27(24,25)11-16(15)26-18/h1-8,15-16H,9-11H2,(H,20,23)(H,21,22)/t15-,16+/m0/s1. The lowest BCUT2D eigenvalue weighted by Gasteiger charge is -2.09. The minimum absolute atomic E-state index is 0.0117. The number of nitrogens with zero attached hydrogens (tertiary/aromatic N) is 2. The van der Waals surface area contributed by atoms with Gasteiger partial charge < -0.3 is 10.6 Å². The number of aromatic nitrogens is 1. The van der Waals surface area contributed by atoms with Crippen LogP contribution in [0.4, 0.5) is 5.69 Å². The Hall–Kier alpha value is -2.39. The van der Waals surface area contributed by atoms with Gasteiger partial charge in [-0.05, 0) is 30.3 Å². The molecule has 1 amide bonds. The van der Waals surface area contributed by atoms with Crippen LogP contribution in [0.5, 0.6) is 0 Å². The summed E-state index contributed by atoms with van der Waals surface area (Å²) in [5, 5.41) is 6.73. The largest absolute Gasteiger partial charge is 0.346 e. The molecule has 0 aliphatic carbocycles. The van der Waals surface area contributed by atoms with Crippen molar-refractivity contribution in [3.05, 3.63) is 59.9 Å². The van der Waals surface area contributed by atoms with E-state index in [4.69, 9.17) is 0 Å². The summed E-state index contributed by atoms with van der Waals surface area (Å²) in [7, 11) is -2.96. The summed E-state index contributed by atoms with van der Waals surface area (Å²) in [5.41, 5.74) is 2.07. The number of hydrogen-bond donors (Lipinski definition) is 2. The highest BCUT2D eigenvalue weighted by Crippen LogP contribution is 2.34. The molecule has 4 rings (SSSR count). The summed E-state index contributed by atoms with van der Waals surface area (Å²) in [6, 6.07) is 12.5. The van der Waals surface area contributed by atoms with Crippen LogP contribution in [0.1, 0.15) is 16.1 Å². The van der Waals surface area contributed by atoms with Crippen molar-refractivity contribution in [2.75, 3.05) is 16.8 Å². The fourth-order valence-electron chi connectivity index (χ4n) is 3.05. The SMILES string of the molecule is O=C(NCc1ccccn1)c1cccc(NC2=N[C@H]3CS(=O)(=O)C[C@H]3S2)c1. The van der Waals surface area contributed by atoms with Gasteiger partial charge in [0, 0.05) is 22.7 Å². The molecule has 1 aromatic heterocycles. The first kappa shape index (κ1) is 18.0. The van der Waals surface area contributed by atoms with Crippen molar-refractivity contribution in [3.8, 4) is 0 Å². The molecule has 0 unspecified atom stereocenters. The molecule has 0 spiro atoms. The molecular formula is C18H18N4O3S2. The van der Waals surface area contributed by atoms with Crippen LogP contribution in [0.2, 0.25) is 0 Å². The van der Waals surface area contributed by atoms with E-state index in [9.17, 15) is 13.2 Å². The van der Waals surface area contributed by atoms with Gasteiger partial charge in [-0.25, -0.2) is 8.42 Å². The van der Waals surface area contributed by atoms with Gasteiger partial charge in [-0.3, -0.25) is 14.8 Å². The Morgan fingerprint density at radius 2 is 2.07 bits per heavy atom. The monoisotopic (exact) mass is 402 g/mol. The Kier molecular flexibility index (Phi) is 4.88. The summed E-state index contributed by atoms with van der Waals surface area (Å²) in [5.74, 6) is 0.104. The molecule has 0 radical (unpaired) electrons. The van der Waals surface area contributed by atoms with E-state index in [0.717, 1.165) is 11.4 Å². The number of amides is 1. The second-order valence-corrected chi connectivity index (χ2v) is 9.83. The summed E-state index contributed by atoms with van der Waals surface area (Å²) in [4.78, 5) is 21.0. The van der Waals surface area contributed by atoms with Crippen LogP contribution in [-0.4, -0.2) is 47.3 Å². The Bertz CT molecular complexity index is 993. The lowest BCUT2D eigenvalue weighted by Crippen LogP contribution is -2.23. The molecule has 0 bridgehead atoms. The summed E-state index contributed by atoms with van der Waals surface area (Å²) < 4.78 is 23.3. The first-order valence-corrected chi connectivity index (χ1v) is 11.2. The molecule has 7 nitrogen and oxygen atoms in total. The normalized spacial score (nSPS) is 22.7. The number of rotatable bonds is 4. The number of fused-ring (bicyclic) bond motifs is 1. The Morgan fingerprint density at radius 3 is 2.85 bits per heavy atom. The third kappa shape index (κ3) is 4.30. The second-order valence-electron chi connectivity index (χ2n) is 6.44. The number of amidine groups is 1. The number of hydrogen-bond acceptors (Lipinski definition) is 7. The zero-order valence-electron chi connectivity index (χ0n) is 14.3. The molecule has 140 valence electrons. The minimum Gasteiger partial charge on any atom is -0.346 e. The first-order valence-electron chi connectivity index (χ1n) is 8.49. The number of sulfone groups is 1. The van der Waals surface area contributed by atoms with Crippen LogP contribution >= 0.6 is 11.8 Å². The first-order chi connectivity index (χ1) is 13.0. The zero-order chi connectivity index (χ0) is 18.9. The quantitative estimate of drug-likeness (QED) is 0.807. The van der Waals surface area contributed by atoms with Crippen LogP contribution < -0.4 is 10.6 Å². The van der Waals surface area contributed by atoms with E-state index in [0.29, 0.717) is 17.3 Å². The van der Waals surface area contributed by atoms with Crippen molar-refractivity contribution in [2.24, 2.45) is 4.99 Å². The fourth-order valence-corrected chi connectivity index (χ4v) is 6.73. The van der Waals surface area contributed by atoms with E-state index >= 15 is 0 Å². The average molecular weight is 403 g/mol. The van der Waals surface area contributed by atoms with Gasteiger partial charge in [0.15, 0.2) is 15.0 Å². The highest BCUT2D eigenvalue weighted by atomic mass is 32.2. The predicted octanol–water partition coefficient (Wildman–Crippen LogP) is 1.69. The highest BCUT2D eigenvalue weighted by molar-refractivity contribution is 8.15. The van der Waals surface area contributed by atoms with E-state index in [1.54, 1.807) is 24.4 Å². The van der Waals surface area contributed by atoms with Gasteiger partial charge in [0.05, 0.1) is 29.8 Å². The van der Waals surface area contributed by atoms with Crippen LogP contribution in [0.15, 0.2) is 53.7 Å². The van der Waals surface area contributed by atoms with Gasteiger partial charge in [0.1, 0.15) is 0 Å². The Balaban J connectivity index is 1.39. The van der Waals surface area contributed by atoms with Gasteiger partial charge in [0.25, 0.3) is 5.91 Å². The molecule has 0 saturated carbocycles. The van der Waals surface area contributed by atoms with Crippen molar-refractivity contribution < 1.29 is 13.2 Å². The molecule has 3 heterocycles. The molecule has 2 atom stereocenters. The summed E-state index contributed by atoms with van der Waals surface area (Å²) in [6.45, 7) is 0.359. The molecule has 2 aliphatic heterocycles. The smallest absolute Gasteiger partial charge is 0.251 e. The zero-order valence-corrected chi connectivity index (χ0v) is 16.0. The van der Waals surface area contributed by atoms with Crippen LogP contribution in [0.25, 0.3) is 0 Å². The number of carbonyl (C=O) groups excluding carboxylic acids is 1. The van der Waals surface area contributed by atoms with Gasteiger partial charge in [0.2, 0.25) is 0 Å². The Labute approximate surface area is 161 Å². The molecule has 1 fully saturated rings. The van der Waals surface area contributed by atoms with Crippen molar-refractivity contribution in [2.45, 2.75) is 17.8 Å². The van der Waals surface area contributed by atoms with E-state index < -0.39 is 9.84 Å². The maximum absolute atomic E-state index is 12.4. The maximum atomic E-state index is 12.4. The molecule has 9 heteroatoms. The lowest BCUT2D eigenvalue weighted by atomic mass is 10.2. The van der Waals surface area contributed by atoms with Crippen molar-refractivity contribution in [1.82, 2.24) is 10.3 Å². The van der Waals surface area contributed by atoms with Crippen molar-refractivity contribution >= 4 is 38.4 Å². The number of thioether (sulfide) groups is 1. The van der Waals surface area contributed by atoms with Crippen LogP contribution in [-0.2, 0) is 16.4 Å².